The van der Waals surface area contributed by atoms with Crippen molar-refractivity contribution in [3.63, 3.8) is 0 Å². The molecule has 1 heterocycles. The highest BCUT2D eigenvalue weighted by molar-refractivity contribution is 5.82. The normalized spacial score (nSPS) is 20.6. The highest BCUT2D eigenvalue weighted by atomic mass is 16.3. The number of nitrogens with zero attached hydrogens (tertiary/aromatic N) is 2. The fraction of sp³-hybridized carbons (Fsp3) is 0.562. The summed E-state index contributed by atoms with van der Waals surface area (Å²) in [5.74, 6) is 0.248. The molecule has 0 aliphatic carbocycles. The quantitative estimate of drug-likeness (QED) is 0.861. The van der Waals surface area contributed by atoms with E-state index in [0.29, 0.717) is 12.5 Å². The molecule has 1 aliphatic heterocycles. The number of hydrogen-bond acceptors (Lipinski definition) is 4. The molecule has 5 nitrogen and oxygen atoms in total. The van der Waals surface area contributed by atoms with Crippen LogP contribution in [0, 0.1) is 0 Å². The number of phenols is 1. The number of carbonyl (C=O) groups is 1. The van der Waals surface area contributed by atoms with E-state index >= 15 is 0 Å². The Labute approximate surface area is 126 Å². The number of aromatic hydroxyl groups is 1. The minimum atomic E-state index is -0.518. The van der Waals surface area contributed by atoms with E-state index in [9.17, 15) is 9.90 Å². The maximum Gasteiger partial charge on any atom is 0.239 e. The average Bonchev–Trinajstić information content (AvgIpc) is 2.49. The first-order chi connectivity index (χ1) is 9.97. The van der Waals surface area contributed by atoms with E-state index in [1.54, 1.807) is 24.3 Å². The Kier molecular flexibility index (Phi) is 5.20. The molecular weight excluding hydrogens is 266 g/mol. The standard InChI is InChI=1S/C16H25N3O2/c1-18(2)13-4-3-9-19(11-13)16(21)15(17)10-12-5-7-14(20)8-6-12/h5-8,13,15,20H,3-4,9-11,17H2,1-2H3. The van der Waals surface area contributed by atoms with Gasteiger partial charge in [-0.2, -0.15) is 0 Å². The van der Waals surface area contributed by atoms with E-state index in [2.05, 4.69) is 19.0 Å². The summed E-state index contributed by atoms with van der Waals surface area (Å²) in [6.45, 7) is 1.56. The number of benzene rings is 1. The fourth-order valence-electron chi connectivity index (χ4n) is 2.78. The maximum atomic E-state index is 12.5. The van der Waals surface area contributed by atoms with Gasteiger partial charge in [-0.05, 0) is 51.1 Å². The highest BCUT2D eigenvalue weighted by Crippen LogP contribution is 2.16. The molecule has 21 heavy (non-hydrogen) atoms. The number of phenolic OH excluding ortho intramolecular Hbond substituents is 1. The number of rotatable bonds is 4. The number of carbonyl (C=O) groups excluding carboxylic acids is 1. The zero-order valence-corrected chi connectivity index (χ0v) is 12.8. The molecule has 1 saturated heterocycles. The number of hydrogen-bond donors (Lipinski definition) is 2. The number of nitrogens with two attached hydrogens (primary N) is 1. The van der Waals surface area contributed by atoms with Gasteiger partial charge in [0.05, 0.1) is 6.04 Å². The van der Waals surface area contributed by atoms with Crippen LogP contribution in [0.5, 0.6) is 5.75 Å². The molecule has 1 aromatic carbocycles. The third-order valence-electron chi connectivity index (χ3n) is 4.15. The Hall–Kier alpha value is -1.59. The van der Waals surface area contributed by atoms with Gasteiger partial charge in [0.1, 0.15) is 5.75 Å². The second kappa shape index (κ2) is 6.91. The third-order valence-corrected chi connectivity index (χ3v) is 4.15. The van der Waals surface area contributed by atoms with E-state index in [1.807, 2.05) is 4.90 Å². The van der Waals surface area contributed by atoms with Crippen LogP contribution in [0.2, 0.25) is 0 Å². The van der Waals surface area contributed by atoms with Gasteiger partial charge in [0.25, 0.3) is 0 Å². The molecule has 5 heteroatoms. The second-order valence-electron chi connectivity index (χ2n) is 6.02. The smallest absolute Gasteiger partial charge is 0.239 e. The van der Waals surface area contributed by atoms with Gasteiger partial charge >= 0.3 is 0 Å². The summed E-state index contributed by atoms with van der Waals surface area (Å²) in [6, 6.07) is 6.76. The van der Waals surface area contributed by atoms with E-state index in [1.165, 1.54) is 0 Å². The fourth-order valence-corrected chi connectivity index (χ4v) is 2.78. The summed E-state index contributed by atoms with van der Waals surface area (Å²) < 4.78 is 0. The molecule has 1 amide bonds. The summed E-state index contributed by atoms with van der Waals surface area (Å²) in [5.41, 5.74) is 7.04. The van der Waals surface area contributed by atoms with Gasteiger partial charge in [0.15, 0.2) is 0 Å². The summed E-state index contributed by atoms with van der Waals surface area (Å²) >= 11 is 0. The lowest BCUT2D eigenvalue weighted by atomic mass is 10.0. The molecule has 0 aromatic heterocycles. The minimum absolute atomic E-state index is 0.0228. The van der Waals surface area contributed by atoms with Crippen LogP contribution in [0.4, 0.5) is 0 Å². The van der Waals surface area contributed by atoms with Crippen LogP contribution in [0.1, 0.15) is 18.4 Å². The van der Waals surface area contributed by atoms with Crippen molar-refractivity contribution in [2.24, 2.45) is 5.73 Å². The first kappa shape index (κ1) is 15.8. The van der Waals surface area contributed by atoms with Crippen LogP contribution in [0.3, 0.4) is 0 Å². The molecule has 0 bridgehead atoms. The van der Waals surface area contributed by atoms with Gasteiger partial charge in [0, 0.05) is 19.1 Å². The van der Waals surface area contributed by atoms with Gasteiger partial charge < -0.3 is 20.6 Å². The zero-order valence-electron chi connectivity index (χ0n) is 12.8. The van der Waals surface area contributed by atoms with E-state index in [0.717, 1.165) is 31.5 Å². The van der Waals surface area contributed by atoms with Crippen LogP contribution < -0.4 is 5.73 Å². The number of amides is 1. The zero-order chi connectivity index (χ0) is 15.4. The highest BCUT2D eigenvalue weighted by Gasteiger charge is 2.27. The average molecular weight is 291 g/mol. The Bertz CT molecular complexity index is 473. The lowest BCUT2D eigenvalue weighted by molar-refractivity contribution is -0.134. The molecule has 0 radical (unpaired) electrons. The Balaban J connectivity index is 1.93. The predicted octanol–water partition coefficient (Wildman–Crippen LogP) is 0.815. The van der Waals surface area contributed by atoms with Crippen LogP contribution in [-0.4, -0.2) is 60.1 Å². The Morgan fingerprint density at radius 2 is 2.10 bits per heavy atom. The Morgan fingerprint density at radius 3 is 2.71 bits per heavy atom. The number of likely N-dealkylation sites (tertiary alicyclic amines) is 1. The molecular formula is C16H25N3O2. The predicted molar refractivity (Wildman–Crippen MR) is 83.1 cm³/mol. The van der Waals surface area contributed by atoms with Gasteiger partial charge in [-0.25, -0.2) is 0 Å². The van der Waals surface area contributed by atoms with Crippen LogP contribution >= 0.6 is 0 Å². The topological polar surface area (TPSA) is 69.8 Å². The summed E-state index contributed by atoms with van der Waals surface area (Å²) in [7, 11) is 4.10. The molecule has 2 rings (SSSR count). The van der Waals surface area contributed by atoms with Crippen molar-refractivity contribution in [3.8, 4) is 5.75 Å². The molecule has 0 saturated carbocycles. The molecule has 1 aliphatic rings. The monoisotopic (exact) mass is 291 g/mol. The lowest BCUT2D eigenvalue weighted by Crippen LogP contribution is -2.52. The third kappa shape index (κ3) is 4.19. The van der Waals surface area contributed by atoms with Crippen molar-refractivity contribution in [2.75, 3.05) is 27.2 Å². The van der Waals surface area contributed by atoms with E-state index in [-0.39, 0.29) is 11.7 Å². The molecule has 116 valence electrons. The van der Waals surface area contributed by atoms with Crippen molar-refractivity contribution in [1.82, 2.24) is 9.80 Å². The van der Waals surface area contributed by atoms with Gasteiger partial charge in [-0.1, -0.05) is 12.1 Å². The van der Waals surface area contributed by atoms with Gasteiger partial charge in [0.2, 0.25) is 5.91 Å². The van der Waals surface area contributed by atoms with Crippen molar-refractivity contribution in [1.29, 1.82) is 0 Å². The number of likely N-dealkylation sites (N-methyl/N-ethyl adjacent to an activating group) is 1. The van der Waals surface area contributed by atoms with Crippen molar-refractivity contribution in [2.45, 2.75) is 31.3 Å². The first-order valence-corrected chi connectivity index (χ1v) is 7.46. The molecule has 3 N–H and O–H groups in total. The number of piperidine rings is 1. The maximum absolute atomic E-state index is 12.5. The summed E-state index contributed by atoms with van der Waals surface area (Å²) in [4.78, 5) is 16.5. The largest absolute Gasteiger partial charge is 0.508 e. The van der Waals surface area contributed by atoms with Crippen LogP contribution in [-0.2, 0) is 11.2 Å². The van der Waals surface area contributed by atoms with Gasteiger partial charge in [-0.15, -0.1) is 0 Å². The van der Waals surface area contributed by atoms with Crippen LogP contribution in [0.15, 0.2) is 24.3 Å². The van der Waals surface area contributed by atoms with Crippen LogP contribution in [0.25, 0.3) is 0 Å². The second-order valence-corrected chi connectivity index (χ2v) is 6.02. The summed E-state index contributed by atoms with van der Waals surface area (Å²) in [5, 5.41) is 9.27. The minimum Gasteiger partial charge on any atom is -0.508 e. The lowest BCUT2D eigenvalue weighted by Gasteiger charge is -2.37. The van der Waals surface area contributed by atoms with E-state index in [4.69, 9.17) is 5.73 Å². The SMILES string of the molecule is CN(C)C1CCCN(C(=O)C(N)Cc2ccc(O)cc2)C1. The summed E-state index contributed by atoms with van der Waals surface area (Å²) in [6.07, 6.45) is 2.66. The molecule has 2 unspecified atom stereocenters. The van der Waals surface area contributed by atoms with Crippen molar-refractivity contribution >= 4 is 5.91 Å². The van der Waals surface area contributed by atoms with Gasteiger partial charge in [-0.3, -0.25) is 4.79 Å². The molecule has 0 spiro atoms. The van der Waals surface area contributed by atoms with Crippen molar-refractivity contribution < 1.29 is 9.90 Å². The molecule has 2 atom stereocenters. The van der Waals surface area contributed by atoms with E-state index < -0.39 is 6.04 Å². The molecule has 1 fully saturated rings. The van der Waals surface area contributed by atoms with Crippen molar-refractivity contribution in [3.05, 3.63) is 29.8 Å². The Morgan fingerprint density at radius 1 is 1.43 bits per heavy atom. The first-order valence-electron chi connectivity index (χ1n) is 7.46. The molecule has 1 aromatic rings.